The molecule has 0 aliphatic carbocycles. The van der Waals surface area contributed by atoms with Crippen LogP contribution in [0.15, 0.2) is 63.8 Å². The molecule has 0 saturated carbocycles. The summed E-state index contributed by atoms with van der Waals surface area (Å²) in [6, 6.07) is 17.4. The number of hydrogen-bond acceptors (Lipinski definition) is 4. The number of halogens is 1. The van der Waals surface area contributed by atoms with Crippen molar-refractivity contribution in [3.8, 4) is 5.75 Å². The maximum Gasteiger partial charge on any atom is 0.344 e. The third-order valence-electron chi connectivity index (χ3n) is 5.29. The molecule has 1 aliphatic rings. The zero-order valence-electron chi connectivity index (χ0n) is 15.4. The molecule has 28 heavy (non-hydrogen) atoms. The first-order valence-electron chi connectivity index (χ1n) is 9.18. The largest absolute Gasteiger partial charge is 0.478 e. The van der Waals surface area contributed by atoms with Crippen molar-refractivity contribution < 1.29 is 9.15 Å². The van der Waals surface area contributed by atoms with E-state index in [1.165, 1.54) is 0 Å². The highest BCUT2D eigenvalue weighted by molar-refractivity contribution is 6.31. The molecular formula is C23H18ClNO3. The Kier molecular flexibility index (Phi) is 4.11. The van der Waals surface area contributed by atoms with Crippen LogP contribution in [0.4, 0.5) is 0 Å². The van der Waals surface area contributed by atoms with Crippen LogP contribution in [0, 0.1) is 6.92 Å². The summed E-state index contributed by atoms with van der Waals surface area (Å²) in [4.78, 5) is 14.7. The third kappa shape index (κ3) is 2.77. The first-order valence-corrected chi connectivity index (χ1v) is 9.56. The zero-order valence-corrected chi connectivity index (χ0v) is 16.1. The van der Waals surface area contributed by atoms with Crippen LogP contribution in [0.2, 0.25) is 5.02 Å². The molecule has 0 fully saturated rings. The van der Waals surface area contributed by atoms with Crippen LogP contribution in [-0.2, 0) is 13.1 Å². The van der Waals surface area contributed by atoms with E-state index in [1.54, 1.807) is 6.07 Å². The monoisotopic (exact) mass is 391 g/mol. The van der Waals surface area contributed by atoms with Crippen LogP contribution < -0.4 is 10.4 Å². The van der Waals surface area contributed by atoms with Crippen LogP contribution in [0.1, 0.15) is 16.7 Å². The molecular weight excluding hydrogens is 374 g/mol. The van der Waals surface area contributed by atoms with Crippen LogP contribution in [0.3, 0.4) is 0 Å². The maximum absolute atomic E-state index is 12.6. The van der Waals surface area contributed by atoms with Gasteiger partial charge in [0, 0.05) is 28.9 Å². The number of fused-ring (bicyclic) bond motifs is 5. The van der Waals surface area contributed by atoms with Gasteiger partial charge in [-0.15, -0.1) is 0 Å². The summed E-state index contributed by atoms with van der Waals surface area (Å²) in [7, 11) is 0. The minimum absolute atomic E-state index is 0.320. The van der Waals surface area contributed by atoms with Gasteiger partial charge in [-0.25, -0.2) is 4.79 Å². The van der Waals surface area contributed by atoms with E-state index in [2.05, 4.69) is 4.90 Å². The van der Waals surface area contributed by atoms with Gasteiger partial charge in [-0.3, -0.25) is 4.90 Å². The van der Waals surface area contributed by atoms with Crippen molar-refractivity contribution in [2.75, 3.05) is 6.73 Å². The SMILES string of the molecule is Cc1cc2c(c3oc(=O)c4ccccc4c13)CN(Cc1ccccc1Cl)CO2. The highest BCUT2D eigenvalue weighted by Gasteiger charge is 2.24. The molecule has 0 spiro atoms. The van der Waals surface area contributed by atoms with E-state index in [1.807, 2.05) is 55.5 Å². The highest BCUT2D eigenvalue weighted by atomic mass is 35.5. The Bertz CT molecular complexity index is 1280. The van der Waals surface area contributed by atoms with Gasteiger partial charge in [0.2, 0.25) is 0 Å². The fourth-order valence-electron chi connectivity index (χ4n) is 3.95. The van der Waals surface area contributed by atoms with Crippen molar-refractivity contribution in [3.63, 3.8) is 0 Å². The smallest absolute Gasteiger partial charge is 0.344 e. The van der Waals surface area contributed by atoms with Crippen molar-refractivity contribution in [2.24, 2.45) is 0 Å². The Balaban J connectivity index is 1.65. The average molecular weight is 392 g/mol. The molecule has 5 heteroatoms. The Hall–Kier alpha value is -2.82. The van der Waals surface area contributed by atoms with Gasteiger partial charge in [-0.2, -0.15) is 0 Å². The lowest BCUT2D eigenvalue weighted by Crippen LogP contribution is -2.32. The zero-order chi connectivity index (χ0) is 19.3. The normalized spacial score (nSPS) is 14.2. The lowest BCUT2D eigenvalue weighted by atomic mass is 9.99. The summed E-state index contributed by atoms with van der Waals surface area (Å²) < 4.78 is 11.8. The van der Waals surface area contributed by atoms with E-state index in [0.29, 0.717) is 30.8 Å². The second-order valence-corrected chi connectivity index (χ2v) is 7.57. The molecule has 0 radical (unpaired) electrons. The molecule has 0 N–H and O–H groups in total. The number of benzene rings is 3. The van der Waals surface area contributed by atoms with Crippen LogP contribution in [0.25, 0.3) is 21.7 Å². The summed E-state index contributed by atoms with van der Waals surface area (Å²) in [6.45, 7) is 3.76. The van der Waals surface area contributed by atoms with Gasteiger partial charge < -0.3 is 9.15 Å². The second kappa shape index (κ2) is 6.66. The standard InChI is InChI=1S/C23H18ClNO3/c1-14-10-20-18(12-25(13-27-20)11-15-6-2-5-9-19(15)24)22-21(14)16-7-3-4-8-17(16)23(26)28-22/h2-10H,11-13H2,1H3. The number of rotatable bonds is 2. The third-order valence-corrected chi connectivity index (χ3v) is 5.66. The Labute approximate surface area is 166 Å². The maximum atomic E-state index is 12.6. The molecule has 1 aliphatic heterocycles. The molecule has 2 heterocycles. The van der Waals surface area contributed by atoms with Crippen molar-refractivity contribution in [1.29, 1.82) is 0 Å². The van der Waals surface area contributed by atoms with E-state index < -0.39 is 0 Å². The Morgan fingerprint density at radius 3 is 2.64 bits per heavy atom. The van der Waals surface area contributed by atoms with Crippen molar-refractivity contribution in [1.82, 2.24) is 4.90 Å². The fourth-order valence-corrected chi connectivity index (χ4v) is 4.15. The number of ether oxygens (including phenoxy) is 1. The lowest BCUT2D eigenvalue weighted by molar-refractivity contribution is 0.0889. The van der Waals surface area contributed by atoms with Crippen molar-refractivity contribution >= 4 is 33.3 Å². The van der Waals surface area contributed by atoms with Crippen molar-refractivity contribution in [3.05, 3.63) is 86.7 Å². The van der Waals surface area contributed by atoms with E-state index >= 15 is 0 Å². The predicted octanol–water partition coefficient (Wildman–Crippen LogP) is 5.26. The first-order chi connectivity index (χ1) is 13.6. The van der Waals surface area contributed by atoms with Gasteiger partial charge in [0.1, 0.15) is 18.1 Å². The Morgan fingerprint density at radius 2 is 1.82 bits per heavy atom. The van der Waals surface area contributed by atoms with Gasteiger partial charge in [0.25, 0.3) is 0 Å². The summed E-state index contributed by atoms with van der Waals surface area (Å²) in [5, 5.41) is 3.22. The summed E-state index contributed by atoms with van der Waals surface area (Å²) >= 11 is 6.32. The number of aryl methyl sites for hydroxylation is 1. The van der Waals surface area contributed by atoms with Gasteiger partial charge in [0.15, 0.2) is 0 Å². The van der Waals surface area contributed by atoms with Gasteiger partial charge in [-0.05, 0) is 36.2 Å². The molecule has 1 aromatic heterocycles. The topological polar surface area (TPSA) is 42.7 Å². The average Bonchev–Trinajstić information content (AvgIpc) is 2.70. The molecule has 5 rings (SSSR count). The number of hydrogen-bond donors (Lipinski definition) is 0. The lowest BCUT2D eigenvalue weighted by Gasteiger charge is -2.30. The van der Waals surface area contributed by atoms with E-state index in [4.69, 9.17) is 20.8 Å². The molecule has 0 atom stereocenters. The fraction of sp³-hybridized carbons (Fsp3) is 0.174. The second-order valence-electron chi connectivity index (χ2n) is 7.16. The molecule has 4 aromatic rings. The summed E-state index contributed by atoms with van der Waals surface area (Å²) in [5.41, 5.74) is 3.27. The quantitative estimate of drug-likeness (QED) is 0.345. The van der Waals surface area contributed by atoms with E-state index in [9.17, 15) is 4.79 Å². The molecule has 4 nitrogen and oxygen atoms in total. The van der Waals surface area contributed by atoms with Crippen molar-refractivity contribution in [2.45, 2.75) is 20.0 Å². The molecule has 0 saturated heterocycles. The molecule has 0 unspecified atom stereocenters. The molecule has 0 bridgehead atoms. The van der Waals surface area contributed by atoms with Crippen LogP contribution >= 0.6 is 11.6 Å². The minimum atomic E-state index is -0.320. The van der Waals surface area contributed by atoms with E-state index in [0.717, 1.165) is 38.2 Å². The van der Waals surface area contributed by atoms with Crippen LogP contribution in [-0.4, -0.2) is 11.6 Å². The van der Waals surface area contributed by atoms with Gasteiger partial charge >= 0.3 is 5.63 Å². The van der Waals surface area contributed by atoms with Gasteiger partial charge in [-0.1, -0.05) is 48.0 Å². The summed E-state index contributed by atoms with van der Waals surface area (Å²) in [6.07, 6.45) is 0. The van der Waals surface area contributed by atoms with Gasteiger partial charge in [0.05, 0.1) is 10.9 Å². The first kappa shape index (κ1) is 17.3. The highest BCUT2D eigenvalue weighted by Crippen LogP contribution is 2.37. The number of nitrogens with zero attached hydrogens (tertiary/aromatic N) is 1. The minimum Gasteiger partial charge on any atom is -0.478 e. The predicted molar refractivity (Wildman–Crippen MR) is 111 cm³/mol. The van der Waals surface area contributed by atoms with E-state index in [-0.39, 0.29) is 5.63 Å². The molecule has 3 aromatic carbocycles. The van der Waals surface area contributed by atoms with Crippen LogP contribution in [0.5, 0.6) is 5.75 Å². The Morgan fingerprint density at radius 1 is 1.07 bits per heavy atom. The molecule has 140 valence electrons. The molecule has 0 amide bonds. The summed E-state index contributed by atoms with van der Waals surface area (Å²) in [5.74, 6) is 0.777.